The molecule has 0 amide bonds. The van der Waals surface area contributed by atoms with E-state index in [0.29, 0.717) is 0 Å². The molecule has 3 rings (SSSR count). The summed E-state index contributed by atoms with van der Waals surface area (Å²) in [6.07, 6.45) is 5.70. The molecule has 0 fully saturated rings. The monoisotopic (exact) mass is 336 g/mol. The summed E-state index contributed by atoms with van der Waals surface area (Å²) >= 11 is 0. The van der Waals surface area contributed by atoms with Crippen molar-refractivity contribution in [3.63, 3.8) is 0 Å². The number of hydrogen-bond acceptors (Lipinski definition) is 6. The van der Waals surface area contributed by atoms with Crippen molar-refractivity contribution >= 4 is 22.8 Å². The Morgan fingerprint density at radius 1 is 1.08 bits per heavy atom. The maximum Gasteiger partial charge on any atom is 0.142 e. The Morgan fingerprint density at radius 3 is 2.84 bits per heavy atom. The largest absolute Gasteiger partial charge is 0.506 e. The third-order valence-electron chi connectivity index (χ3n) is 3.96. The molecule has 25 heavy (non-hydrogen) atoms. The van der Waals surface area contributed by atoms with E-state index < -0.39 is 0 Å². The van der Waals surface area contributed by atoms with Crippen molar-refractivity contribution in [1.29, 1.82) is 0 Å². The van der Waals surface area contributed by atoms with Crippen molar-refractivity contribution in [3.8, 4) is 5.75 Å². The molecule has 0 spiro atoms. The van der Waals surface area contributed by atoms with Gasteiger partial charge in [0.1, 0.15) is 11.4 Å². The molecule has 2 heterocycles. The van der Waals surface area contributed by atoms with Crippen LogP contribution in [-0.2, 0) is 6.42 Å². The van der Waals surface area contributed by atoms with Crippen LogP contribution in [0.3, 0.4) is 0 Å². The van der Waals surface area contributed by atoms with Crippen LogP contribution in [0.4, 0.5) is 5.69 Å². The normalized spacial score (nSPS) is 11.2. The Bertz CT molecular complexity index is 875. The minimum Gasteiger partial charge on any atom is -0.506 e. The Kier molecular flexibility index (Phi) is 5.41. The van der Waals surface area contributed by atoms with Crippen molar-refractivity contribution in [1.82, 2.24) is 9.97 Å². The maximum absolute atomic E-state index is 9.61. The number of aryl methyl sites for hydroxylation is 1. The molecular formula is C19H20N4O2. The summed E-state index contributed by atoms with van der Waals surface area (Å²) in [4.78, 5) is 8.63. The van der Waals surface area contributed by atoms with Crippen LogP contribution in [0.1, 0.15) is 24.2 Å². The summed E-state index contributed by atoms with van der Waals surface area (Å²) in [7, 11) is 0. The van der Waals surface area contributed by atoms with Crippen LogP contribution in [0, 0.1) is 0 Å². The third-order valence-corrected chi connectivity index (χ3v) is 3.96. The molecular weight excluding hydrogens is 316 g/mol. The molecule has 0 unspecified atom stereocenters. The number of benzene rings is 1. The minimum absolute atomic E-state index is 0.00721. The Hall–Kier alpha value is -3.15. The molecule has 2 aromatic heterocycles. The van der Waals surface area contributed by atoms with E-state index >= 15 is 0 Å². The van der Waals surface area contributed by atoms with Crippen LogP contribution in [0.15, 0.2) is 53.8 Å². The van der Waals surface area contributed by atoms with Gasteiger partial charge in [-0.05, 0) is 43.5 Å². The lowest BCUT2D eigenvalue weighted by Gasteiger charge is -2.09. The molecule has 1 aromatic carbocycles. The van der Waals surface area contributed by atoms with Crippen LogP contribution < -0.4 is 5.32 Å². The lowest BCUT2D eigenvalue weighted by atomic mass is 10.1. The van der Waals surface area contributed by atoms with E-state index in [1.165, 1.54) is 0 Å². The van der Waals surface area contributed by atoms with Gasteiger partial charge in [0.15, 0.2) is 0 Å². The summed E-state index contributed by atoms with van der Waals surface area (Å²) in [6, 6.07) is 13.4. The number of hydrogen-bond donors (Lipinski definition) is 3. The van der Waals surface area contributed by atoms with Crippen LogP contribution >= 0.6 is 0 Å². The number of fused-ring (bicyclic) bond motifs is 1. The topological polar surface area (TPSA) is 90.6 Å². The van der Waals surface area contributed by atoms with E-state index in [9.17, 15) is 5.11 Å². The molecule has 0 saturated carbocycles. The second kappa shape index (κ2) is 8.10. The zero-order valence-corrected chi connectivity index (χ0v) is 13.8. The predicted molar refractivity (Wildman–Crippen MR) is 98.5 cm³/mol. The maximum atomic E-state index is 9.61. The molecule has 0 radical (unpaired) electrons. The fraction of sp³-hybridized carbons (Fsp3) is 0.211. The highest BCUT2D eigenvalue weighted by Gasteiger charge is 2.04. The number of aromatic hydroxyl groups is 1. The quantitative estimate of drug-likeness (QED) is 0.265. The number of anilines is 1. The zero-order chi connectivity index (χ0) is 17.5. The van der Waals surface area contributed by atoms with Crippen LogP contribution in [0.5, 0.6) is 5.75 Å². The Balaban J connectivity index is 1.51. The van der Waals surface area contributed by atoms with Gasteiger partial charge >= 0.3 is 0 Å². The van der Waals surface area contributed by atoms with Gasteiger partial charge < -0.3 is 15.6 Å². The number of aromatic nitrogens is 2. The van der Waals surface area contributed by atoms with Crippen LogP contribution in [0.25, 0.3) is 10.9 Å². The lowest BCUT2D eigenvalue weighted by molar-refractivity contribution is 0.321. The Labute approximate surface area is 145 Å². The van der Waals surface area contributed by atoms with E-state index in [-0.39, 0.29) is 11.4 Å². The first kappa shape index (κ1) is 16.7. The zero-order valence-electron chi connectivity index (χ0n) is 13.8. The van der Waals surface area contributed by atoms with Gasteiger partial charge in [-0.1, -0.05) is 23.4 Å². The summed E-state index contributed by atoms with van der Waals surface area (Å²) in [6.45, 7) is 0.858. The number of pyridine rings is 2. The highest BCUT2D eigenvalue weighted by molar-refractivity contribution is 5.90. The molecule has 128 valence electrons. The standard InChI is InChI=1S/C19H20N4O2/c24-19-9-8-14(23-18(19)13-22-25)5-3-4-11-20-17-10-12-21-16-7-2-1-6-15(16)17/h1-2,6-10,12-13,24-25H,3-5,11H2,(H,20,21)/b22-13+. The average Bonchev–Trinajstić information content (AvgIpc) is 2.64. The number of unbranched alkanes of at least 4 members (excludes halogenated alkanes) is 1. The summed E-state index contributed by atoms with van der Waals surface area (Å²) in [5, 5.41) is 25.7. The average molecular weight is 336 g/mol. The lowest BCUT2D eigenvalue weighted by Crippen LogP contribution is -2.03. The number of para-hydroxylation sites is 1. The fourth-order valence-corrected chi connectivity index (χ4v) is 2.70. The molecule has 3 N–H and O–H groups in total. The van der Waals surface area contributed by atoms with Gasteiger partial charge in [0.25, 0.3) is 0 Å². The first-order valence-electron chi connectivity index (χ1n) is 8.22. The second-order valence-corrected chi connectivity index (χ2v) is 5.71. The van der Waals surface area contributed by atoms with Crippen molar-refractivity contribution < 1.29 is 10.3 Å². The third kappa shape index (κ3) is 4.23. The summed E-state index contributed by atoms with van der Waals surface area (Å²) in [5.74, 6) is 0.00721. The van der Waals surface area contributed by atoms with E-state index in [1.807, 2.05) is 30.5 Å². The van der Waals surface area contributed by atoms with Crippen LogP contribution in [-0.4, -0.2) is 33.0 Å². The van der Waals surface area contributed by atoms with Crippen molar-refractivity contribution in [2.24, 2.45) is 5.16 Å². The molecule has 0 aliphatic carbocycles. The molecule has 0 bridgehead atoms. The number of rotatable bonds is 7. The smallest absolute Gasteiger partial charge is 0.142 e. The first-order valence-corrected chi connectivity index (χ1v) is 8.22. The molecule has 6 heteroatoms. The van der Waals surface area contributed by atoms with E-state index in [2.05, 4.69) is 26.5 Å². The van der Waals surface area contributed by atoms with Crippen LogP contribution in [0.2, 0.25) is 0 Å². The molecule has 0 aliphatic rings. The van der Waals surface area contributed by atoms with E-state index in [0.717, 1.165) is 54.3 Å². The Morgan fingerprint density at radius 2 is 1.96 bits per heavy atom. The summed E-state index contributed by atoms with van der Waals surface area (Å²) in [5.41, 5.74) is 3.22. The van der Waals surface area contributed by atoms with Gasteiger partial charge in [-0.25, -0.2) is 4.98 Å². The van der Waals surface area contributed by atoms with Gasteiger partial charge in [0, 0.05) is 29.5 Å². The number of nitrogens with one attached hydrogen (secondary N) is 1. The molecule has 3 aromatic rings. The van der Waals surface area contributed by atoms with Gasteiger partial charge in [-0.15, -0.1) is 0 Å². The molecule has 0 atom stereocenters. The SMILES string of the molecule is O/N=C/c1nc(CCCCNc2ccnc3ccccc23)ccc1O. The van der Waals surface area contributed by atoms with Gasteiger partial charge in [0.05, 0.1) is 11.7 Å². The molecule has 0 saturated heterocycles. The first-order chi connectivity index (χ1) is 12.3. The van der Waals surface area contributed by atoms with Crippen molar-refractivity contribution in [3.05, 3.63) is 60.0 Å². The molecule has 0 aliphatic heterocycles. The molecule has 6 nitrogen and oxygen atoms in total. The minimum atomic E-state index is 0.00721. The van der Waals surface area contributed by atoms with E-state index in [1.54, 1.807) is 12.1 Å². The summed E-state index contributed by atoms with van der Waals surface area (Å²) < 4.78 is 0. The highest BCUT2D eigenvalue weighted by Crippen LogP contribution is 2.21. The van der Waals surface area contributed by atoms with Crippen molar-refractivity contribution in [2.75, 3.05) is 11.9 Å². The van der Waals surface area contributed by atoms with Gasteiger partial charge in [0.2, 0.25) is 0 Å². The highest BCUT2D eigenvalue weighted by atomic mass is 16.4. The van der Waals surface area contributed by atoms with Crippen molar-refractivity contribution in [2.45, 2.75) is 19.3 Å². The fourth-order valence-electron chi connectivity index (χ4n) is 2.70. The predicted octanol–water partition coefficient (Wildman–Crippen LogP) is 3.58. The second-order valence-electron chi connectivity index (χ2n) is 5.71. The van der Waals surface area contributed by atoms with E-state index in [4.69, 9.17) is 5.21 Å². The number of nitrogens with zero attached hydrogens (tertiary/aromatic N) is 3. The van der Waals surface area contributed by atoms with Gasteiger partial charge in [-0.2, -0.15) is 0 Å². The number of oxime groups is 1. The van der Waals surface area contributed by atoms with Gasteiger partial charge in [-0.3, -0.25) is 4.98 Å².